The van der Waals surface area contributed by atoms with Gasteiger partial charge in [-0.1, -0.05) is 84.0 Å². The minimum absolute atomic E-state index is 0.212. The van der Waals surface area contributed by atoms with Crippen LogP contribution < -0.4 is 0 Å². The van der Waals surface area contributed by atoms with E-state index in [4.69, 9.17) is 0 Å². The Hall–Kier alpha value is -0.170. The third-order valence-electron chi connectivity index (χ3n) is 4.06. The zero-order chi connectivity index (χ0) is 16.3. The number of rotatable bonds is 14. The quantitative estimate of drug-likeness (QED) is 0.476. The van der Waals surface area contributed by atoms with Gasteiger partial charge >= 0.3 is 16.4 Å². The molecule has 6 heteroatoms. The van der Waals surface area contributed by atoms with Crippen molar-refractivity contribution in [3.05, 3.63) is 0 Å². The average Bonchev–Trinajstić information content (AvgIpc) is 2.41. The summed E-state index contributed by atoms with van der Waals surface area (Å²) in [6.07, 6.45) is 16.3. The molecule has 0 spiro atoms. The van der Waals surface area contributed by atoms with Crippen molar-refractivity contribution < 1.29 is 21.9 Å². The Labute approximate surface area is 135 Å². The van der Waals surface area contributed by atoms with Gasteiger partial charge in [0.1, 0.15) is 0 Å². The van der Waals surface area contributed by atoms with Crippen molar-refractivity contribution in [1.82, 2.24) is 0 Å². The van der Waals surface area contributed by atoms with Gasteiger partial charge in [-0.3, -0.25) is 0 Å². The molecule has 0 amide bonds. The predicted octanol–water partition coefficient (Wildman–Crippen LogP) is 4.41. The molecule has 0 aromatic carbocycles. The lowest BCUT2D eigenvalue weighted by Crippen LogP contribution is -2.50. The summed E-state index contributed by atoms with van der Waals surface area (Å²) in [7, 11) is -3.91. The van der Waals surface area contributed by atoms with Gasteiger partial charge in [-0.2, -0.15) is 16.8 Å². The molecule has 132 valence electrons. The summed E-state index contributed by atoms with van der Waals surface area (Å²) < 4.78 is 29.9. The third kappa shape index (κ3) is 9.08. The van der Waals surface area contributed by atoms with E-state index in [0.717, 1.165) is 12.8 Å². The minimum atomic E-state index is -3.91. The van der Waals surface area contributed by atoms with Crippen LogP contribution in [0.25, 0.3) is 0 Å². The van der Waals surface area contributed by atoms with Gasteiger partial charge in [0.2, 0.25) is 0 Å². The monoisotopic (exact) mass is 336 g/mol. The number of unbranched alkanes of at least 4 members (excludes halogenated alkanes) is 12. The number of hydrogen-bond donors (Lipinski definition) is 1. The second kappa shape index (κ2) is 10.6. The molecular weight excluding hydrogens is 304 g/mol. The maximum atomic E-state index is 10.6. The highest BCUT2D eigenvalue weighted by molar-refractivity contribution is 7.82. The molecule has 1 aliphatic rings. The zero-order valence-corrected chi connectivity index (χ0v) is 14.7. The molecule has 1 fully saturated rings. The molecule has 0 aliphatic carbocycles. The van der Waals surface area contributed by atoms with Crippen LogP contribution in [0.3, 0.4) is 0 Å². The minimum Gasteiger partial charge on any atom is -0.342 e. The molecule has 1 aliphatic heterocycles. The highest BCUT2D eigenvalue weighted by Crippen LogP contribution is 2.32. The molecule has 22 heavy (non-hydrogen) atoms. The van der Waals surface area contributed by atoms with Crippen LogP contribution in [0, 0.1) is 0 Å². The van der Waals surface area contributed by atoms with Crippen molar-refractivity contribution in [2.45, 2.75) is 103 Å². The number of aliphatic hydroxyl groups is 1. The topological polar surface area (TPSA) is 72.8 Å². The average molecular weight is 336 g/mol. The first kappa shape index (κ1) is 19.9. The maximum Gasteiger partial charge on any atom is 0.409 e. The van der Waals surface area contributed by atoms with Crippen LogP contribution in [0.2, 0.25) is 0 Å². The summed E-state index contributed by atoms with van der Waals surface area (Å²) >= 11 is 0. The van der Waals surface area contributed by atoms with Crippen molar-refractivity contribution in [3.8, 4) is 0 Å². The van der Waals surface area contributed by atoms with Crippen molar-refractivity contribution in [1.29, 1.82) is 0 Å². The Morgan fingerprint density at radius 2 is 1.09 bits per heavy atom. The fourth-order valence-corrected chi connectivity index (χ4v) is 3.59. The second-order valence-electron chi connectivity index (χ2n) is 6.28. The lowest BCUT2D eigenvalue weighted by Gasteiger charge is -2.33. The Morgan fingerprint density at radius 3 is 1.45 bits per heavy atom. The van der Waals surface area contributed by atoms with Gasteiger partial charge in [-0.25, -0.2) is 0 Å². The fourth-order valence-electron chi connectivity index (χ4n) is 2.77. The first-order valence-electron chi connectivity index (χ1n) is 8.86. The SMILES string of the molecule is CCCCCCCCCCCCCCCC1(O)OS(=O)(=O)O1. The lowest BCUT2D eigenvalue weighted by atomic mass is 10.0. The van der Waals surface area contributed by atoms with E-state index in [1.54, 1.807) is 0 Å². The van der Waals surface area contributed by atoms with Gasteiger partial charge in [-0.05, 0) is 6.42 Å². The zero-order valence-electron chi connectivity index (χ0n) is 13.9. The lowest BCUT2D eigenvalue weighted by molar-refractivity contribution is -0.329. The third-order valence-corrected chi connectivity index (χ3v) is 4.99. The highest BCUT2D eigenvalue weighted by atomic mass is 32.3. The van der Waals surface area contributed by atoms with Crippen LogP contribution in [-0.4, -0.2) is 19.5 Å². The second-order valence-corrected chi connectivity index (χ2v) is 7.43. The molecule has 0 unspecified atom stereocenters. The Bertz CT molecular complexity index is 368. The fraction of sp³-hybridized carbons (Fsp3) is 1.00. The molecule has 0 aromatic heterocycles. The van der Waals surface area contributed by atoms with Crippen LogP contribution in [-0.2, 0) is 18.8 Å². The molecule has 0 atom stereocenters. The normalized spacial score (nSPS) is 19.0. The van der Waals surface area contributed by atoms with Crippen molar-refractivity contribution in [3.63, 3.8) is 0 Å². The van der Waals surface area contributed by atoms with E-state index in [1.807, 2.05) is 0 Å². The summed E-state index contributed by atoms with van der Waals surface area (Å²) in [5.41, 5.74) is 0. The van der Waals surface area contributed by atoms with E-state index < -0.39 is 16.4 Å². The summed E-state index contributed by atoms with van der Waals surface area (Å²) in [4.78, 5) is 0. The van der Waals surface area contributed by atoms with Crippen molar-refractivity contribution in [2.24, 2.45) is 0 Å². The van der Waals surface area contributed by atoms with E-state index in [1.165, 1.54) is 64.2 Å². The Morgan fingerprint density at radius 1 is 0.727 bits per heavy atom. The molecule has 0 saturated carbocycles. The molecule has 1 rings (SSSR count). The first-order valence-corrected chi connectivity index (χ1v) is 10.2. The Kier molecular flexibility index (Phi) is 9.55. The molecule has 0 bridgehead atoms. The van der Waals surface area contributed by atoms with Crippen LogP contribution in [0.1, 0.15) is 96.8 Å². The van der Waals surface area contributed by atoms with Gasteiger partial charge in [0.05, 0.1) is 0 Å². The van der Waals surface area contributed by atoms with E-state index in [0.29, 0.717) is 6.42 Å². The van der Waals surface area contributed by atoms with Crippen molar-refractivity contribution >= 4 is 10.4 Å². The van der Waals surface area contributed by atoms with Gasteiger partial charge < -0.3 is 5.11 Å². The molecule has 1 heterocycles. The van der Waals surface area contributed by atoms with Gasteiger partial charge in [0.25, 0.3) is 0 Å². The Balaban J connectivity index is 1.77. The van der Waals surface area contributed by atoms with Crippen LogP contribution >= 0.6 is 0 Å². The smallest absolute Gasteiger partial charge is 0.342 e. The van der Waals surface area contributed by atoms with E-state index in [2.05, 4.69) is 15.3 Å². The van der Waals surface area contributed by atoms with Crippen LogP contribution in [0.5, 0.6) is 0 Å². The van der Waals surface area contributed by atoms with Crippen LogP contribution in [0.15, 0.2) is 0 Å². The molecule has 1 saturated heterocycles. The van der Waals surface area contributed by atoms with Crippen molar-refractivity contribution in [2.75, 3.05) is 0 Å². The maximum absolute atomic E-state index is 10.6. The van der Waals surface area contributed by atoms with E-state index in [9.17, 15) is 13.5 Å². The molecular formula is C16H32O5S. The van der Waals surface area contributed by atoms with E-state index in [-0.39, 0.29) is 6.42 Å². The van der Waals surface area contributed by atoms with Crippen LogP contribution in [0.4, 0.5) is 0 Å². The molecule has 5 nitrogen and oxygen atoms in total. The largest absolute Gasteiger partial charge is 0.409 e. The molecule has 1 N–H and O–H groups in total. The summed E-state index contributed by atoms with van der Waals surface area (Å²) in [5, 5.41) is 9.50. The summed E-state index contributed by atoms with van der Waals surface area (Å²) in [5.74, 6) is -1.89. The van der Waals surface area contributed by atoms with Gasteiger partial charge in [-0.15, -0.1) is 0 Å². The first-order chi connectivity index (χ1) is 10.5. The summed E-state index contributed by atoms with van der Waals surface area (Å²) in [6.45, 7) is 2.24. The number of hydrogen-bond acceptors (Lipinski definition) is 5. The highest BCUT2D eigenvalue weighted by Gasteiger charge is 2.50. The molecule has 0 radical (unpaired) electrons. The standard InChI is InChI=1S/C16H32O5S/c1-2-3-4-5-6-7-8-9-10-11-12-13-14-15-16(17)20-22(18,19)21-16/h17H,2-15H2,1H3. The summed E-state index contributed by atoms with van der Waals surface area (Å²) in [6, 6.07) is 0. The predicted molar refractivity (Wildman–Crippen MR) is 86.4 cm³/mol. The van der Waals surface area contributed by atoms with E-state index >= 15 is 0 Å². The van der Waals surface area contributed by atoms with Gasteiger partial charge in [0, 0.05) is 6.42 Å². The molecule has 0 aromatic rings. The van der Waals surface area contributed by atoms with Gasteiger partial charge in [0.15, 0.2) is 0 Å².